The molecule has 4 nitrogen and oxygen atoms in total. The highest BCUT2D eigenvalue weighted by Crippen LogP contribution is 2.28. The van der Waals surface area contributed by atoms with Gasteiger partial charge >= 0.3 is 0 Å². The maximum Gasteiger partial charge on any atom is 0.260 e. The zero-order valence-electron chi connectivity index (χ0n) is 15.3. The number of rotatable bonds is 7. The largest absolute Gasteiger partial charge is 0.284 e. The number of aromatic nitrogens is 1. The number of thiazole rings is 1. The summed E-state index contributed by atoms with van der Waals surface area (Å²) in [6.07, 6.45) is 3.05. The predicted octanol–water partition coefficient (Wildman–Crippen LogP) is 5.52. The molecule has 1 amide bonds. The van der Waals surface area contributed by atoms with Gasteiger partial charge in [0.05, 0.1) is 17.3 Å². The van der Waals surface area contributed by atoms with Crippen LogP contribution in [-0.4, -0.2) is 17.4 Å². The minimum absolute atomic E-state index is 0.114. The minimum atomic E-state index is -0.114. The van der Waals surface area contributed by atoms with Gasteiger partial charge in [-0.2, -0.15) is 5.26 Å². The Labute approximate surface area is 163 Å². The van der Waals surface area contributed by atoms with E-state index in [0.29, 0.717) is 22.8 Å². The number of carbonyl (C=O) groups excluding carboxylic acids is 1. The van der Waals surface area contributed by atoms with Crippen LogP contribution in [0.3, 0.4) is 0 Å². The summed E-state index contributed by atoms with van der Waals surface area (Å²) in [7, 11) is 0. The molecule has 0 unspecified atom stereocenters. The lowest BCUT2D eigenvalue weighted by molar-refractivity contribution is 0.0986. The van der Waals surface area contributed by atoms with Gasteiger partial charge in [0.25, 0.3) is 5.91 Å². The van der Waals surface area contributed by atoms with E-state index in [1.807, 2.05) is 35.7 Å². The summed E-state index contributed by atoms with van der Waals surface area (Å²) in [5, 5.41) is 11.8. The fraction of sp³-hybridized carbons (Fsp3) is 0.227. The zero-order chi connectivity index (χ0) is 19.1. The highest BCUT2D eigenvalue weighted by molar-refractivity contribution is 7.14. The molecule has 0 fully saturated rings. The van der Waals surface area contributed by atoms with Gasteiger partial charge in [0, 0.05) is 23.1 Å². The Bertz CT molecular complexity index is 943. The third-order valence-corrected chi connectivity index (χ3v) is 5.13. The van der Waals surface area contributed by atoms with E-state index in [2.05, 4.69) is 13.0 Å². The summed E-state index contributed by atoms with van der Waals surface area (Å²) < 4.78 is 0. The molecule has 1 heterocycles. The molecule has 0 radical (unpaired) electrons. The first-order valence-electron chi connectivity index (χ1n) is 9.06. The van der Waals surface area contributed by atoms with E-state index in [-0.39, 0.29) is 5.91 Å². The lowest BCUT2D eigenvalue weighted by Gasteiger charge is -2.20. The molecule has 5 heteroatoms. The lowest BCUT2D eigenvalue weighted by Crippen LogP contribution is -2.32. The Morgan fingerprint density at radius 3 is 2.70 bits per heavy atom. The fourth-order valence-electron chi connectivity index (χ4n) is 2.81. The van der Waals surface area contributed by atoms with Crippen LogP contribution in [0.1, 0.15) is 42.1 Å². The number of nitriles is 1. The van der Waals surface area contributed by atoms with Crippen molar-refractivity contribution in [2.24, 2.45) is 0 Å². The molecule has 2 aromatic carbocycles. The van der Waals surface area contributed by atoms with Crippen molar-refractivity contribution in [2.45, 2.75) is 26.2 Å². The van der Waals surface area contributed by atoms with Crippen molar-refractivity contribution >= 4 is 22.4 Å². The van der Waals surface area contributed by atoms with Gasteiger partial charge in [-0.15, -0.1) is 11.3 Å². The van der Waals surface area contributed by atoms with Gasteiger partial charge < -0.3 is 0 Å². The Hall–Kier alpha value is -2.97. The van der Waals surface area contributed by atoms with E-state index >= 15 is 0 Å². The molecule has 0 N–H and O–H groups in total. The number of hydrogen-bond acceptors (Lipinski definition) is 4. The Balaban J connectivity index is 1.90. The first-order valence-corrected chi connectivity index (χ1v) is 9.94. The fourth-order valence-corrected chi connectivity index (χ4v) is 3.67. The highest BCUT2D eigenvalue weighted by atomic mass is 32.1. The molecule has 0 aliphatic carbocycles. The summed E-state index contributed by atoms with van der Waals surface area (Å²) in [6, 6.07) is 18.9. The Kier molecular flexibility index (Phi) is 6.35. The highest BCUT2D eigenvalue weighted by Gasteiger charge is 2.21. The summed E-state index contributed by atoms with van der Waals surface area (Å²) in [5.74, 6) is -0.114. The topological polar surface area (TPSA) is 57.0 Å². The third kappa shape index (κ3) is 4.60. The molecule has 3 aromatic rings. The van der Waals surface area contributed by atoms with Gasteiger partial charge in [0.15, 0.2) is 5.13 Å². The smallest absolute Gasteiger partial charge is 0.260 e. The average Bonchev–Trinajstić information content (AvgIpc) is 3.21. The second-order valence-electron chi connectivity index (χ2n) is 6.24. The molecule has 27 heavy (non-hydrogen) atoms. The van der Waals surface area contributed by atoms with E-state index in [0.717, 1.165) is 30.5 Å². The number of carbonyl (C=O) groups is 1. The number of unbranched alkanes of at least 4 members (excludes halogenated alkanes) is 2. The molecule has 0 aliphatic heterocycles. The van der Waals surface area contributed by atoms with Crippen molar-refractivity contribution in [3.63, 3.8) is 0 Å². The maximum atomic E-state index is 13.1. The van der Waals surface area contributed by atoms with Crippen LogP contribution < -0.4 is 4.90 Å². The molecule has 0 atom stereocenters. The van der Waals surface area contributed by atoms with Crippen molar-refractivity contribution in [3.05, 3.63) is 71.1 Å². The molecule has 1 aromatic heterocycles. The Morgan fingerprint density at radius 2 is 1.96 bits per heavy atom. The molecule has 136 valence electrons. The number of anilines is 1. The van der Waals surface area contributed by atoms with Crippen LogP contribution in [0.2, 0.25) is 0 Å². The second kappa shape index (κ2) is 9.11. The molecule has 0 saturated carbocycles. The van der Waals surface area contributed by atoms with Crippen molar-refractivity contribution in [1.29, 1.82) is 5.26 Å². The van der Waals surface area contributed by atoms with Crippen molar-refractivity contribution in [1.82, 2.24) is 4.98 Å². The maximum absolute atomic E-state index is 13.1. The molecular formula is C22H21N3OS. The number of amides is 1. The van der Waals surface area contributed by atoms with Crippen molar-refractivity contribution in [3.8, 4) is 17.3 Å². The quantitative estimate of drug-likeness (QED) is 0.511. The first-order chi connectivity index (χ1) is 13.2. The SMILES string of the molecule is CCCCCN(C(=O)c1cccc(C#N)c1)c1nc(-c2ccccc2)cs1. The summed E-state index contributed by atoms with van der Waals surface area (Å²) >= 11 is 1.47. The van der Waals surface area contributed by atoms with E-state index in [1.54, 1.807) is 29.2 Å². The van der Waals surface area contributed by atoms with Gasteiger partial charge in [0.2, 0.25) is 0 Å². The van der Waals surface area contributed by atoms with Crippen LogP contribution >= 0.6 is 11.3 Å². The predicted molar refractivity (Wildman–Crippen MR) is 110 cm³/mol. The van der Waals surface area contributed by atoms with Crippen LogP contribution in [0.5, 0.6) is 0 Å². The van der Waals surface area contributed by atoms with Crippen LogP contribution in [0.4, 0.5) is 5.13 Å². The number of nitrogens with zero attached hydrogens (tertiary/aromatic N) is 3. The van der Waals surface area contributed by atoms with Gasteiger partial charge in [-0.25, -0.2) is 4.98 Å². The molecular weight excluding hydrogens is 354 g/mol. The number of benzene rings is 2. The molecule has 0 spiro atoms. The van der Waals surface area contributed by atoms with Gasteiger partial charge in [0.1, 0.15) is 0 Å². The monoisotopic (exact) mass is 375 g/mol. The van der Waals surface area contributed by atoms with E-state index < -0.39 is 0 Å². The van der Waals surface area contributed by atoms with Gasteiger partial charge in [-0.1, -0.05) is 56.2 Å². The van der Waals surface area contributed by atoms with Crippen LogP contribution in [0, 0.1) is 11.3 Å². The normalized spacial score (nSPS) is 10.4. The number of hydrogen-bond donors (Lipinski definition) is 0. The molecule has 0 bridgehead atoms. The van der Waals surface area contributed by atoms with Gasteiger partial charge in [-0.3, -0.25) is 9.69 Å². The van der Waals surface area contributed by atoms with E-state index in [1.165, 1.54) is 11.3 Å². The first kappa shape index (κ1) is 18.8. The van der Waals surface area contributed by atoms with E-state index in [4.69, 9.17) is 10.2 Å². The Morgan fingerprint density at radius 1 is 1.15 bits per heavy atom. The summed E-state index contributed by atoms with van der Waals surface area (Å²) in [4.78, 5) is 19.6. The van der Waals surface area contributed by atoms with Crippen molar-refractivity contribution in [2.75, 3.05) is 11.4 Å². The summed E-state index contributed by atoms with van der Waals surface area (Å²) in [5.41, 5.74) is 2.91. The molecule has 0 saturated heterocycles. The van der Waals surface area contributed by atoms with Crippen molar-refractivity contribution < 1.29 is 4.79 Å². The molecule has 0 aliphatic rings. The van der Waals surface area contributed by atoms with Crippen LogP contribution in [-0.2, 0) is 0 Å². The average molecular weight is 375 g/mol. The summed E-state index contributed by atoms with van der Waals surface area (Å²) in [6.45, 7) is 2.75. The zero-order valence-corrected chi connectivity index (χ0v) is 16.1. The third-order valence-electron chi connectivity index (χ3n) is 4.26. The lowest BCUT2D eigenvalue weighted by atomic mass is 10.1. The van der Waals surface area contributed by atoms with E-state index in [9.17, 15) is 4.79 Å². The van der Waals surface area contributed by atoms with Gasteiger partial charge in [-0.05, 0) is 24.6 Å². The standard InChI is InChI=1S/C22H21N3OS/c1-2-3-7-13-25(21(26)19-12-8-9-17(14-19)15-23)22-24-20(16-27-22)18-10-5-4-6-11-18/h4-6,8-12,14,16H,2-3,7,13H2,1H3. The van der Waals surface area contributed by atoms with Crippen LogP contribution in [0.25, 0.3) is 11.3 Å². The minimum Gasteiger partial charge on any atom is -0.284 e. The molecule has 3 rings (SSSR count). The second-order valence-corrected chi connectivity index (χ2v) is 7.07. The van der Waals surface area contributed by atoms with Crippen LogP contribution in [0.15, 0.2) is 60.0 Å².